The topological polar surface area (TPSA) is 26.3 Å². The molecule has 0 aliphatic carbocycles. The molecule has 0 saturated heterocycles. The van der Waals surface area contributed by atoms with Crippen molar-refractivity contribution >= 4 is 5.97 Å². The van der Waals surface area contributed by atoms with Crippen LogP contribution in [0.2, 0.25) is 0 Å². The van der Waals surface area contributed by atoms with E-state index in [-0.39, 0.29) is 5.97 Å². The number of hydrogen-bond donors (Lipinski definition) is 0. The zero-order valence-electron chi connectivity index (χ0n) is 29.0. The number of carbonyl (C=O) groups excluding carboxylic acids is 1. The fraction of sp³-hybridized carbons (Fsp3) is 0.875. The average molecular weight is 589 g/mol. The van der Waals surface area contributed by atoms with Gasteiger partial charge in [-0.1, -0.05) is 173 Å². The van der Waals surface area contributed by atoms with Gasteiger partial charge in [-0.2, -0.15) is 0 Å². The molecule has 0 aromatic heterocycles. The first-order valence-electron chi connectivity index (χ1n) is 19.3. The first kappa shape index (κ1) is 41.0. The smallest absolute Gasteiger partial charge is 0.305 e. The summed E-state index contributed by atoms with van der Waals surface area (Å²) in [6, 6.07) is 0. The monoisotopic (exact) mass is 589 g/mol. The fourth-order valence-electron chi connectivity index (χ4n) is 5.65. The minimum atomic E-state index is 0.0147. The van der Waals surface area contributed by atoms with Crippen molar-refractivity contribution in [2.24, 2.45) is 0 Å². The largest absolute Gasteiger partial charge is 0.466 e. The Balaban J connectivity index is 3.21. The molecule has 0 aromatic rings. The zero-order chi connectivity index (χ0) is 30.4. The van der Waals surface area contributed by atoms with Crippen LogP contribution in [0.5, 0.6) is 0 Å². The first-order valence-corrected chi connectivity index (χ1v) is 19.3. The van der Waals surface area contributed by atoms with Gasteiger partial charge < -0.3 is 4.74 Å². The lowest BCUT2D eigenvalue weighted by atomic mass is 10.1. The van der Waals surface area contributed by atoms with E-state index in [1.54, 1.807) is 0 Å². The minimum absolute atomic E-state index is 0.0147. The van der Waals surface area contributed by atoms with Crippen molar-refractivity contribution < 1.29 is 9.53 Å². The molecule has 0 aliphatic heterocycles. The van der Waals surface area contributed by atoms with Crippen molar-refractivity contribution in [3.63, 3.8) is 0 Å². The van der Waals surface area contributed by atoms with E-state index in [9.17, 15) is 4.79 Å². The number of allylic oxidation sites excluding steroid dienone is 4. The molecule has 0 bridgehead atoms. The Kier molecular flexibility index (Phi) is 37.0. The number of rotatable bonds is 35. The molecule has 0 fully saturated rings. The summed E-state index contributed by atoms with van der Waals surface area (Å²) in [7, 11) is 0. The van der Waals surface area contributed by atoms with E-state index < -0.39 is 0 Å². The standard InChI is InChI=1S/C40H76O2/c1-3-5-7-9-11-13-15-17-19-20-21-22-23-25-27-29-31-33-35-37-39-42-40(41)38-36-34-32-30-28-26-24-18-16-14-12-10-8-6-4-2/h17-19,24H,3-16,20-23,25-39H2,1-2H3. The summed E-state index contributed by atoms with van der Waals surface area (Å²) in [5.74, 6) is 0.0147. The Morgan fingerprint density at radius 3 is 1.02 bits per heavy atom. The maximum atomic E-state index is 11.9. The molecule has 0 aliphatic rings. The van der Waals surface area contributed by atoms with E-state index in [1.165, 1.54) is 180 Å². The van der Waals surface area contributed by atoms with Gasteiger partial charge in [-0.3, -0.25) is 4.79 Å². The number of carbonyl (C=O) groups is 1. The molecule has 0 radical (unpaired) electrons. The summed E-state index contributed by atoms with van der Waals surface area (Å²) in [5, 5.41) is 0. The van der Waals surface area contributed by atoms with Gasteiger partial charge in [0, 0.05) is 6.42 Å². The van der Waals surface area contributed by atoms with Crippen LogP contribution in [-0.2, 0) is 9.53 Å². The molecule has 0 unspecified atom stereocenters. The van der Waals surface area contributed by atoms with Crippen LogP contribution < -0.4 is 0 Å². The molecule has 0 saturated carbocycles. The summed E-state index contributed by atoms with van der Waals surface area (Å²) in [6.45, 7) is 5.19. The molecule has 42 heavy (non-hydrogen) atoms. The quantitative estimate of drug-likeness (QED) is 0.0418. The summed E-state index contributed by atoms with van der Waals surface area (Å²) < 4.78 is 5.45. The van der Waals surface area contributed by atoms with Crippen LogP contribution in [0.4, 0.5) is 0 Å². The molecular weight excluding hydrogens is 512 g/mol. The van der Waals surface area contributed by atoms with Crippen LogP contribution in [0.3, 0.4) is 0 Å². The van der Waals surface area contributed by atoms with Crippen molar-refractivity contribution in [1.82, 2.24) is 0 Å². The lowest BCUT2D eigenvalue weighted by Crippen LogP contribution is -2.05. The van der Waals surface area contributed by atoms with E-state index in [4.69, 9.17) is 4.74 Å². The predicted molar refractivity (Wildman–Crippen MR) is 188 cm³/mol. The van der Waals surface area contributed by atoms with E-state index in [0.717, 1.165) is 19.3 Å². The highest BCUT2D eigenvalue weighted by Crippen LogP contribution is 2.13. The molecule has 2 heteroatoms. The van der Waals surface area contributed by atoms with Gasteiger partial charge in [0.25, 0.3) is 0 Å². The van der Waals surface area contributed by atoms with Gasteiger partial charge in [0.2, 0.25) is 0 Å². The number of unbranched alkanes of at least 4 members (excludes halogenated alkanes) is 27. The van der Waals surface area contributed by atoms with E-state index in [2.05, 4.69) is 38.2 Å². The average Bonchev–Trinajstić information content (AvgIpc) is 3.00. The highest BCUT2D eigenvalue weighted by Gasteiger charge is 2.02. The highest BCUT2D eigenvalue weighted by atomic mass is 16.5. The van der Waals surface area contributed by atoms with Gasteiger partial charge in [0.1, 0.15) is 0 Å². The Hall–Kier alpha value is -1.05. The lowest BCUT2D eigenvalue weighted by molar-refractivity contribution is -0.143. The van der Waals surface area contributed by atoms with Crippen LogP contribution in [0.15, 0.2) is 24.3 Å². The summed E-state index contributed by atoms with van der Waals surface area (Å²) in [5.41, 5.74) is 0. The first-order chi connectivity index (χ1) is 20.8. The molecule has 0 atom stereocenters. The second kappa shape index (κ2) is 38.0. The van der Waals surface area contributed by atoms with Crippen molar-refractivity contribution in [3.05, 3.63) is 24.3 Å². The SMILES string of the molecule is CCCCCCCCC=CCCCCCCCCCCCCOC(=O)CCCCCCCC=CCCCCCCCC. The summed E-state index contributed by atoms with van der Waals surface area (Å²) >= 11 is 0. The van der Waals surface area contributed by atoms with Crippen LogP contribution in [0, 0.1) is 0 Å². The Morgan fingerprint density at radius 2 is 0.667 bits per heavy atom. The maximum absolute atomic E-state index is 11.9. The molecule has 248 valence electrons. The molecule has 2 nitrogen and oxygen atoms in total. The van der Waals surface area contributed by atoms with Crippen LogP contribution in [0.25, 0.3) is 0 Å². The summed E-state index contributed by atoms with van der Waals surface area (Å²) in [4.78, 5) is 11.9. The van der Waals surface area contributed by atoms with E-state index >= 15 is 0 Å². The second-order valence-electron chi connectivity index (χ2n) is 12.9. The van der Waals surface area contributed by atoms with Gasteiger partial charge in [0.05, 0.1) is 6.61 Å². The van der Waals surface area contributed by atoms with Crippen LogP contribution in [0.1, 0.15) is 219 Å². The van der Waals surface area contributed by atoms with Crippen LogP contribution in [-0.4, -0.2) is 12.6 Å². The van der Waals surface area contributed by atoms with Gasteiger partial charge in [-0.05, 0) is 64.2 Å². The van der Waals surface area contributed by atoms with Gasteiger partial charge in [0.15, 0.2) is 0 Å². The van der Waals surface area contributed by atoms with Gasteiger partial charge in [-0.25, -0.2) is 0 Å². The predicted octanol–water partition coefficient (Wildman–Crippen LogP) is 14.2. The molecule has 0 amide bonds. The Morgan fingerprint density at radius 1 is 0.381 bits per heavy atom. The maximum Gasteiger partial charge on any atom is 0.305 e. The highest BCUT2D eigenvalue weighted by molar-refractivity contribution is 5.69. The molecule has 0 spiro atoms. The molecule has 0 N–H and O–H groups in total. The van der Waals surface area contributed by atoms with Crippen molar-refractivity contribution in [1.29, 1.82) is 0 Å². The minimum Gasteiger partial charge on any atom is -0.466 e. The molecule has 0 aromatic carbocycles. The third-order valence-corrected chi connectivity index (χ3v) is 8.56. The molecule has 0 heterocycles. The van der Waals surface area contributed by atoms with E-state index in [0.29, 0.717) is 13.0 Å². The number of esters is 1. The van der Waals surface area contributed by atoms with Crippen molar-refractivity contribution in [2.75, 3.05) is 6.61 Å². The van der Waals surface area contributed by atoms with Gasteiger partial charge in [-0.15, -0.1) is 0 Å². The summed E-state index contributed by atoms with van der Waals surface area (Å²) in [6.07, 6.45) is 51.1. The Labute approximate surface area is 265 Å². The molecule has 0 rings (SSSR count). The van der Waals surface area contributed by atoms with Crippen molar-refractivity contribution in [3.8, 4) is 0 Å². The third kappa shape index (κ3) is 37.0. The number of hydrogen-bond acceptors (Lipinski definition) is 2. The normalized spacial score (nSPS) is 11.8. The fourth-order valence-corrected chi connectivity index (χ4v) is 5.65. The van der Waals surface area contributed by atoms with Crippen LogP contribution >= 0.6 is 0 Å². The third-order valence-electron chi connectivity index (χ3n) is 8.56. The van der Waals surface area contributed by atoms with Gasteiger partial charge >= 0.3 is 5.97 Å². The lowest BCUT2D eigenvalue weighted by Gasteiger charge is -2.05. The van der Waals surface area contributed by atoms with E-state index in [1.807, 2.05) is 0 Å². The Bertz CT molecular complexity index is 564. The second-order valence-corrected chi connectivity index (χ2v) is 12.9. The molecular formula is C40H76O2. The zero-order valence-corrected chi connectivity index (χ0v) is 29.0. The van der Waals surface area contributed by atoms with Crippen molar-refractivity contribution in [2.45, 2.75) is 219 Å². The number of ether oxygens (including phenoxy) is 1.